The topological polar surface area (TPSA) is 59.1 Å². The molecule has 2 aliphatic rings. The summed E-state index contributed by atoms with van der Waals surface area (Å²) in [6.45, 7) is 1.72. The number of hydrogen-bond donors (Lipinski definition) is 2. The Kier molecular flexibility index (Phi) is 3.61. The Morgan fingerprint density at radius 3 is 2.52 bits per heavy atom. The fourth-order valence-electron chi connectivity index (χ4n) is 3.32. The van der Waals surface area contributed by atoms with Crippen molar-refractivity contribution in [2.24, 2.45) is 0 Å². The molecule has 1 fully saturated rings. The van der Waals surface area contributed by atoms with E-state index in [0.29, 0.717) is 11.4 Å². The van der Waals surface area contributed by atoms with Crippen LogP contribution in [0.4, 0.5) is 24.8 Å². The SMILES string of the molecule is COc1cc2c(cc1Nc1ncc(C(F)(F)F)cn1)CNCC21CC1. The Morgan fingerprint density at radius 2 is 1.92 bits per heavy atom. The molecule has 0 saturated heterocycles. The monoisotopic (exact) mass is 350 g/mol. The Hall–Kier alpha value is -2.35. The Morgan fingerprint density at radius 1 is 1.20 bits per heavy atom. The van der Waals surface area contributed by atoms with E-state index in [1.165, 1.54) is 11.1 Å². The highest BCUT2D eigenvalue weighted by molar-refractivity contribution is 5.66. The first-order valence-electron chi connectivity index (χ1n) is 8.00. The highest BCUT2D eigenvalue weighted by atomic mass is 19.4. The first-order chi connectivity index (χ1) is 11.9. The van der Waals surface area contributed by atoms with Crippen LogP contribution in [0.1, 0.15) is 29.5 Å². The molecule has 0 radical (unpaired) electrons. The molecule has 2 N–H and O–H groups in total. The lowest BCUT2D eigenvalue weighted by atomic mass is 9.87. The van der Waals surface area contributed by atoms with Gasteiger partial charge in [-0.3, -0.25) is 0 Å². The Balaban J connectivity index is 1.64. The standard InChI is InChI=1S/C17H17F3N4O/c1-25-14-5-12-10(6-21-9-16(12)2-3-16)4-13(14)24-15-22-7-11(8-23-15)17(18,19)20/h4-5,7-8,21H,2-3,6,9H2,1H3,(H,22,23,24). The second-order valence-electron chi connectivity index (χ2n) is 6.51. The summed E-state index contributed by atoms with van der Waals surface area (Å²) in [7, 11) is 1.57. The van der Waals surface area contributed by atoms with E-state index < -0.39 is 11.7 Å². The quantitative estimate of drug-likeness (QED) is 0.889. The van der Waals surface area contributed by atoms with Gasteiger partial charge in [-0.25, -0.2) is 9.97 Å². The minimum absolute atomic E-state index is 0.0937. The molecule has 0 atom stereocenters. The first kappa shape index (κ1) is 16.1. The summed E-state index contributed by atoms with van der Waals surface area (Å²) >= 11 is 0. The van der Waals surface area contributed by atoms with Gasteiger partial charge in [-0.2, -0.15) is 13.2 Å². The van der Waals surface area contributed by atoms with Crippen LogP contribution in [0, 0.1) is 0 Å². The Bertz CT molecular complexity index is 801. The van der Waals surface area contributed by atoms with Gasteiger partial charge in [0.05, 0.1) is 18.4 Å². The molecule has 1 aromatic carbocycles. The molecule has 2 heterocycles. The van der Waals surface area contributed by atoms with E-state index in [0.717, 1.165) is 38.3 Å². The van der Waals surface area contributed by atoms with Crippen molar-refractivity contribution in [1.29, 1.82) is 0 Å². The highest BCUT2D eigenvalue weighted by Gasteiger charge is 2.47. The van der Waals surface area contributed by atoms with E-state index in [2.05, 4.69) is 20.6 Å². The highest BCUT2D eigenvalue weighted by Crippen LogP contribution is 2.52. The third kappa shape index (κ3) is 2.90. The van der Waals surface area contributed by atoms with Crippen molar-refractivity contribution >= 4 is 11.6 Å². The predicted molar refractivity (Wildman–Crippen MR) is 85.9 cm³/mol. The van der Waals surface area contributed by atoms with Crippen LogP contribution >= 0.6 is 0 Å². The molecule has 1 aliphatic heterocycles. The lowest BCUT2D eigenvalue weighted by Gasteiger charge is -2.27. The van der Waals surface area contributed by atoms with Crippen LogP contribution in [-0.2, 0) is 18.1 Å². The smallest absolute Gasteiger partial charge is 0.419 e. The van der Waals surface area contributed by atoms with Crippen LogP contribution < -0.4 is 15.4 Å². The molecule has 1 saturated carbocycles. The number of methoxy groups -OCH3 is 1. The van der Waals surface area contributed by atoms with Gasteiger partial charge < -0.3 is 15.4 Å². The van der Waals surface area contributed by atoms with Crippen molar-refractivity contribution in [3.05, 3.63) is 41.2 Å². The van der Waals surface area contributed by atoms with Gasteiger partial charge in [-0.1, -0.05) is 0 Å². The van der Waals surface area contributed by atoms with Gasteiger partial charge in [0.15, 0.2) is 0 Å². The van der Waals surface area contributed by atoms with Crippen molar-refractivity contribution in [3.63, 3.8) is 0 Å². The number of alkyl halides is 3. The molecule has 1 aromatic heterocycles. The maximum absolute atomic E-state index is 12.6. The largest absolute Gasteiger partial charge is 0.495 e. The number of fused-ring (bicyclic) bond motifs is 2. The molecular formula is C17H17F3N4O. The number of rotatable bonds is 3. The second kappa shape index (κ2) is 5.59. The molecule has 25 heavy (non-hydrogen) atoms. The number of nitrogens with zero attached hydrogens (tertiary/aromatic N) is 2. The number of benzene rings is 1. The van der Waals surface area contributed by atoms with E-state index in [-0.39, 0.29) is 11.4 Å². The van der Waals surface area contributed by atoms with Crippen LogP contribution in [0.25, 0.3) is 0 Å². The number of aromatic nitrogens is 2. The molecule has 1 aliphatic carbocycles. The number of hydrogen-bond acceptors (Lipinski definition) is 5. The van der Waals surface area contributed by atoms with Crippen LogP contribution in [0.3, 0.4) is 0 Å². The van der Waals surface area contributed by atoms with E-state index in [1.807, 2.05) is 12.1 Å². The summed E-state index contributed by atoms with van der Waals surface area (Å²) in [5, 5.41) is 6.38. The van der Waals surface area contributed by atoms with Crippen LogP contribution in [0.2, 0.25) is 0 Å². The maximum Gasteiger partial charge on any atom is 0.419 e. The minimum Gasteiger partial charge on any atom is -0.495 e. The molecule has 0 amide bonds. The Labute approximate surface area is 142 Å². The normalized spacial score (nSPS) is 17.9. The summed E-state index contributed by atoms with van der Waals surface area (Å²) in [6.07, 6.45) is -0.607. The van der Waals surface area contributed by atoms with E-state index in [1.54, 1.807) is 7.11 Å². The number of ether oxygens (including phenoxy) is 1. The van der Waals surface area contributed by atoms with E-state index >= 15 is 0 Å². The molecule has 4 rings (SSSR count). The minimum atomic E-state index is -4.45. The molecular weight excluding hydrogens is 333 g/mol. The van der Waals surface area contributed by atoms with Crippen molar-refractivity contribution in [2.45, 2.75) is 31.0 Å². The number of anilines is 2. The van der Waals surface area contributed by atoms with E-state index in [4.69, 9.17) is 4.74 Å². The van der Waals surface area contributed by atoms with Crippen molar-refractivity contribution in [2.75, 3.05) is 19.0 Å². The fraction of sp³-hybridized carbons (Fsp3) is 0.412. The summed E-state index contributed by atoms with van der Waals surface area (Å²) in [5.41, 5.74) is 2.43. The number of nitrogens with one attached hydrogen (secondary N) is 2. The third-order valence-electron chi connectivity index (χ3n) is 4.85. The summed E-state index contributed by atoms with van der Waals surface area (Å²) in [6, 6.07) is 3.98. The first-order valence-corrected chi connectivity index (χ1v) is 8.00. The zero-order valence-electron chi connectivity index (χ0n) is 13.6. The fourth-order valence-corrected chi connectivity index (χ4v) is 3.32. The van der Waals surface area contributed by atoms with Gasteiger partial charge in [0.1, 0.15) is 5.75 Å². The zero-order valence-corrected chi connectivity index (χ0v) is 13.6. The molecule has 1 spiro atoms. The van der Waals surface area contributed by atoms with Gasteiger partial charge in [-0.05, 0) is 36.1 Å². The summed E-state index contributed by atoms with van der Waals surface area (Å²) in [5.74, 6) is 0.728. The maximum atomic E-state index is 12.6. The summed E-state index contributed by atoms with van der Waals surface area (Å²) < 4.78 is 43.3. The zero-order chi connectivity index (χ0) is 17.7. The van der Waals surface area contributed by atoms with Crippen molar-refractivity contribution in [3.8, 4) is 5.75 Å². The molecule has 5 nitrogen and oxygen atoms in total. The van der Waals surface area contributed by atoms with Crippen LogP contribution in [-0.4, -0.2) is 23.6 Å². The van der Waals surface area contributed by atoms with Crippen LogP contribution in [0.15, 0.2) is 24.5 Å². The van der Waals surface area contributed by atoms with Crippen LogP contribution in [0.5, 0.6) is 5.75 Å². The van der Waals surface area contributed by atoms with Gasteiger partial charge in [-0.15, -0.1) is 0 Å². The molecule has 0 bridgehead atoms. The van der Waals surface area contributed by atoms with Crippen molar-refractivity contribution in [1.82, 2.24) is 15.3 Å². The predicted octanol–water partition coefficient (Wildman–Crippen LogP) is 3.38. The van der Waals surface area contributed by atoms with Crippen molar-refractivity contribution < 1.29 is 17.9 Å². The third-order valence-corrected chi connectivity index (χ3v) is 4.85. The average molecular weight is 350 g/mol. The van der Waals surface area contributed by atoms with E-state index in [9.17, 15) is 13.2 Å². The van der Waals surface area contributed by atoms with Gasteiger partial charge >= 0.3 is 6.18 Å². The van der Waals surface area contributed by atoms with Gasteiger partial charge in [0.25, 0.3) is 0 Å². The van der Waals surface area contributed by atoms with Gasteiger partial charge in [0.2, 0.25) is 5.95 Å². The lowest BCUT2D eigenvalue weighted by molar-refractivity contribution is -0.138. The average Bonchev–Trinajstić information content (AvgIpc) is 3.34. The molecule has 132 valence electrons. The lowest BCUT2D eigenvalue weighted by Crippen LogP contribution is -2.33. The molecule has 0 unspecified atom stereocenters. The molecule has 2 aromatic rings. The number of halogens is 3. The molecule has 8 heteroatoms. The second-order valence-corrected chi connectivity index (χ2v) is 6.51. The summed E-state index contributed by atoms with van der Waals surface area (Å²) in [4.78, 5) is 7.51. The van der Waals surface area contributed by atoms with Gasteiger partial charge in [0, 0.05) is 30.9 Å².